The van der Waals surface area contributed by atoms with Gasteiger partial charge in [-0.25, -0.2) is 4.79 Å². The van der Waals surface area contributed by atoms with Crippen LogP contribution in [-0.4, -0.2) is 48.5 Å². The van der Waals surface area contributed by atoms with E-state index in [9.17, 15) is 36.2 Å². The van der Waals surface area contributed by atoms with Crippen LogP contribution in [0.15, 0.2) is 88.2 Å². The number of carboxylic acid groups (broad SMARTS) is 1. The van der Waals surface area contributed by atoms with Crippen LogP contribution in [0.5, 0.6) is 0 Å². The number of benzene rings is 2. The van der Waals surface area contributed by atoms with E-state index in [1.807, 2.05) is 0 Å². The van der Waals surface area contributed by atoms with Gasteiger partial charge in [-0.05, 0) is 17.2 Å². The summed E-state index contributed by atoms with van der Waals surface area (Å²) in [5, 5.41) is 27.4. The summed E-state index contributed by atoms with van der Waals surface area (Å²) >= 11 is 0. The summed E-state index contributed by atoms with van der Waals surface area (Å²) in [5.74, 6) is -4.32. The third-order valence-corrected chi connectivity index (χ3v) is 5.81. The van der Waals surface area contributed by atoms with Crippen molar-refractivity contribution in [1.82, 2.24) is 25.6 Å². The molecule has 0 aliphatic carbocycles. The summed E-state index contributed by atoms with van der Waals surface area (Å²) in [4.78, 5) is 29.2. The number of amides is 1. The molecule has 0 aliphatic heterocycles. The number of carbonyl (C=O) groups is 2. The Morgan fingerprint density at radius 2 is 1.53 bits per heavy atom. The lowest BCUT2D eigenvalue weighted by Gasteiger charge is -2.12. The van der Waals surface area contributed by atoms with Crippen molar-refractivity contribution in [2.75, 3.05) is 0 Å². The summed E-state index contributed by atoms with van der Waals surface area (Å²) in [6.45, 7) is 0.196. The van der Waals surface area contributed by atoms with E-state index in [2.05, 4.69) is 25.6 Å². The summed E-state index contributed by atoms with van der Waals surface area (Å²) in [7, 11) is 0. The Morgan fingerprint density at radius 3 is 2.11 bits per heavy atom. The molecule has 17 heteroatoms. The van der Waals surface area contributed by atoms with Crippen molar-refractivity contribution in [1.29, 1.82) is 0 Å². The number of alkyl halides is 6. The van der Waals surface area contributed by atoms with Crippen LogP contribution in [0.1, 0.15) is 22.8 Å². The monoisotopic (exact) mass is 635 g/mol. The van der Waals surface area contributed by atoms with Gasteiger partial charge < -0.3 is 24.6 Å². The Kier molecular flexibility index (Phi) is 9.61. The number of aliphatic hydroxyl groups excluding tert-OH is 1. The number of carboxylic acids is 1. The smallest absolute Gasteiger partial charge is 0.475 e. The molecule has 0 saturated carbocycles. The lowest BCUT2D eigenvalue weighted by Crippen LogP contribution is -2.28. The normalized spacial score (nSPS) is 12.2. The van der Waals surface area contributed by atoms with Gasteiger partial charge in [-0.3, -0.25) is 9.78 Å². The molecule has 5 rings (SSSR count). The van der Waals surface area contributed by atoms with Crippen LogP contribution in [0, 0.1) is 0 Å². The molecular weight excluding hydrogens is 616 g/mol. The van der Waals surface area contributed by atoms with Crippen molar-refractivity contribution >= 4 is 11.9 Å². The van der Waals surface area contributed by atoms with Crippen molar-refractivity contribution < 1.29 is 55.2 Å². The fourth-order valence-electron chi connectivity index (χ4n) is 3.68. The number of carbonyl (C=O) groups excluding carboxylic acids is 1. The molecule has 11 nitrogen and oxygen atoms in total. The number of aromatic nitrogens is 4. The van der Waals surface area contributed by atoms with Crippen molar-refractivity contribution in [3.8, 4) is 34.3 Å². The van der Waals surface area contributed by atoms with Gasteiger partial charge in [0.15, 0.2) is 17.6 Å². The quantitative estimate of drug-likeness (QED) is 0.196. The van der Waals surface area contributed by atoms with E-state index in [0.29, 0.717) is 11.1 Å². The first-order valence-electron chi connectivity index (χ1n) is 12.5. The van der Waals surface area contributed by atoms with Gasteiger partial charge in [0, 0.05) is 30.1 Å². The SMILES string of the molecule is O=C(NCc1cccnc1)C(O)c1ccc(-c2noc(-c3noc(-c4ccccc4)c3C(F)(F)F)n2)cc1.O=C(O)C(F)(F)F. The maximum atomic E-state index is 13.9. The van der Waals surface area contributed by atoms with Crippen LogP contribution in [0.3, 0.4) is 0 Å². The van der Waals surface area contributed by atoms with Crippen molar-refractivity contribution in [2.24, 2.45) is 0 Å². The molecule has 3 heterocycles. The first-order valence-corrected chi connectivity index (χ1v) is 12.5. The van der Waals surface area contributed by atoms with Gasteiger partial charge in [0.05, 0.1) is 0 Å². The number of rotatable bonds is 7. The Morgan fingerprint density at radius 1 is 0.867 bits per heavy atom. The van der Waals surface area contributed by atoms with Crippen LogP contribution in [-0.2, 0) is 22.3 Å². The van der Waals surface area contributed by atoms with E-state index in [1.54, 1.807) is 42.7 Å². The highest BCUT2D eigenvalue weighted by atomic mass is 19.4. The standard InChI is InChI=1S/C26H18F3N5O4.C2HF3O2/c27-26(28,29)19-20(33-37-22(19)17-6-2-1-3-7-17)25-32-23(34-38-25)18-10-8-16(9-11-18)21(35)24(36)31-14-15-5-4-12-30-13-15;3-2(4,5)1(6)7/h1-13,21,35H,14H2,(H,31,36);(H,6,7). The Labute approximate surface area is 248 Å². The van der Waals surface area contributed by atoms with Crippen LogP contribution in [0.2, 0.25) is 0 Å². The minimum absolute atomic E-state index is 0.0144. The average molecular weight is 635 g/mol. The maximum Gasteiger partial charge on any atom is 0.490 e. The van der Waals surface area contributed by atoms with E-state index in [-0.39, 0.29) is 17.9 Å². The molecule has 3 N–H and O–H groups in total. The topological polar surface area (TPSA) is 164 Å². The summed E-state index contributed by atoms with van der Waals surface area (Å²) in [5.41, 5.74) is -0.122. The number of hydrogen-bond acceptors (Lipinski definition) is 9. The minimum Gasteiger partial charge on any atom is -0.475 e. The fraction of sp³-hybridized carbons (Fsp3) is 0.143. The molecule has 1 atom stereocenters. The molecular formula is C28H19F6N5O6. The predicted molar refractivity (Wildman–Crippen MR) is 140 cm³/mol. The van der Waals surface area contributed by atoms with Crippen LogP contribution >= 0.6 is 0 Å². The molecule has 2 aromatic carbocycles. The summed E-state index contributed by atoms with van der Waals surface area (Å²) in [6.07, 6.45) is -8.12. The van der Waals surface area contributed by atoms with Gasteiger partial charge in [0.1, 0.15) is 5.56 Å². The van der Waals surface area contributed by atoms with Crippen molar-refractivity contribution in [3.63, 3.8) is 0 Å². The van der Waals surface area contributed by atoms with Gasteiger partial charge in [-0.1, -0.05) is 71.0 Å². The molecule has 234 valence electrons. The number of halogens is 6. The molecule has 1 amide bonds. The van der Waals surface area contributed by atoms with E-state index in [0.717, 1.165) is 5.56 Å². The number of aliphatic hydroxyl groups is 1. The predicted octanol–water partition coefficient (Wildman–Crippen LogP) is 5.46. The Hall–Kier alpha value is -5.58. The summed E-state index contributed by atoms with van der Waals surface area (Å²) in [6, 6.07) is 17.2. The zero-order valence-electron chi connectivity index (χ0n) is 22.4. The molecule has 0 spiro atoms. The van der Waals surface area contributed by atoms with E-state index < -0.39 is 53.2 Å². The highest BCUT2D eigenvalue weighted by molar-refractivity contribution is 5.82. The molecule has 0 radical (unpaired) electrons. The number of pyridine rings is 1. The zero-order valence-corrected chi connectivity index (χ0v) is 22.4. The third-order valence-electron chi connectivity index (χ3n) is 5.81. The van der Waals surface area contributed by atoms with Crippen molar-refractivity contribution in [2.45, 2.75) is 25.0 Å². The third kappa shape index (κ3) is 8.08. The second-order valence-electron chi connectivity index (χ2n) is 8.93. The number of nitrogens with zero attached hydrogens (tertiary/aromatic N) is 4. The molecule has 0 saturated heterocycles. The van der Waals surface area contributed by atoms with E-state index in [4.69, 9.17) is 18.9 Å². The van der Waals surface area contributed by atoms with Gasteiger partial charge in [-0.2, -0.15) is 31.3 Å². The largest absolute Gasteiger partial charge is 0.490 e. The van der Waals surface area contributed by atoms with Crippen LogP contribution < -0.4 is 5.32 Å². The van der Waals surface area contributed by atoms with E-state index >= 15 is 0 Å². The first kappa shape index (κ1) is 32.3. The molecule has 0 aliphatic rings. The second-order valence-corrected chi connectivity index (χ2v) is 8.93. The second kappa shape index (κ2) is 13.4. The van der Waals surface area contributed by atoms with Gasteiger partial charge in [0.2, 0.25) is 5.82 Å². The lowest BCUT2D eigenvalue weighted by molar-refractivity contribution is -0.192. The maximum absolute atomic E-state index is 13.9. The first-order chi connectivity index (χ1) is 21.3. The van der Waals surface area contributed by atoms with Crippen molar-refractivity contribution in [3.05, 3.63) is 95.8 Å². The zero-order chi connectivity index (χ0) is 32.8. The Balaban J connectivity index is 0.000000591. The number of nitrogens with one attached hydrogen (secondary N) is 1. The van der Waals surface area contributed by atoms with E-state index in [1.165, 1.54) is 36.4 Å². The fourth-order valence-corrected chi connectivity index (χ4v) is 3.68. The van der Waals surface area contributed by atoms with Crippen LogP contribution in [0.4, 0.5) is 26.3 Å². The number of hydrogen-bond donors (Lipinski definition) is 3. The molecule has 0 fully saturated rings. The average Bonchev–Trinajstić information content (AvgIpc) is 3.69. The summed E-state index contributed by atoms with van der Waals surface area (Å²) < 4.78 is 83.6. The molecule has 45 heavy (non-hydrogen) atoms. The minimum atomic E-state index is -5.08. The molecule has 5 aromatic rings. The highest BCUT2D eigenvalue weighted by Crippen LogP contribution is 2.43. The van der Waals surface area contributed by atoms with Gasteiger partial charge in [0.25, 0.3) is 11.8 Å². The highest BCUT2D eigenvalue weighted by Gasteiger charge is 2.43. The van der Waals surface area contributed by atoms with Crippen LogP contribution in [0.25, 0.3) is 34.3 Å². The Bertz CT molecular complexity index is 1740. The molecule has 3 aromatic heterocycles. The molecule has 0 bridgehead atoms. The van der Waals surface area contributed by atoms with Gasteiger partial charge >= 0.3 is 18.3 Å². The lowest BCUT2D eigenvalue weighted by atomic mass is 10.1. The van der Waals surface area contributed by atoms with Gasteiger partial charge in [-0.15, -0.1) is 0 Å². The molecule has 1 unspecified atom stereocenters. The number of aliphatic carboxylic acids is 1.